The van der Waals surface area contributed by atoms with Crippen LogP contribution < -0.4 is 5.32 Å². The Balaban J connectivity index is 1.84. The van der Waals surface area contributed by atoms with Crippen LogP contribution in [0.25, 0.3) is 10.9 Å². The maximum atomic E-state index is 13.8. The number of ether oxygens (including phenoxy) is 1. The lowest BCUT2D eigenvalue weighted by atomic mass is 10.0. The highest BCUT2D eigenvalue weighted by Gasteiger charge is 2.28. The van der Waals surface area contributed by atoms with E-state index in [9.17, 15) is 19.1 Å². The van der Waals surface area contributed by atoms with Crippen LogP contribution in [0.2, 0.25) is 0 Å². The monoisotopic (exact) mass is 388 g/mol. The normalized spacial score (nSPS) is 15.4. The van der Waals surface area contributed by atoms with E-state index in [0.29, 0.717) is 16.8 Å². The van der Waals surface area contributed by atoms with Crippen LogP contribution in [0.4, 0.5) is 4.39 Å². The average Bonchev–Trinajstić information content (AvgIpc) is 3.43. The molecule has 2 N–H and O–H groups in total. The van der Waals surface area contributed by atoms with Gasteiger partial charge in [-0.25, -0.2) is 9.18 Å². The predicted octanol–water partition coefficient (Wildman–Crippen LogP) is 3.64. The predicted molar refractivity (Wildman–Crippen MR) is 103 cm³/mol. The smallest absolute Gasteiger partial charge is 0.326 e. The summed E-state index contributed by atoms with van der Waals surface area (Å²) in [6.45, 7) is 5.81. The highest BCUT2D eigenvalue weighted by atomic mass is 19.1. The molecule has 1 heterocycles. The van der Waals surface area contributed by atoms with Gasteiger partial charge in [0.05, 0.1) is 16.7 Å². The van der Waals surface area contributed by atoms with Crippen LogP contribution in [0.1, 0.15) is 62.0 Å². The summed E-state index contributed by atoms with van der Waals surface area (Å²) in [5.74, 6) is -1.87. The lowest BCUT2D eigenvalue weighted by molar-refractivity contribution is -0.140. The molecule has 1 aromatic heterocycles. The van der Waals surface area contributed by atoms with Crippen molar-refractivity contribution in [1.29, 1.82) is 0 Å². The van der Waals surface area contributed by atoms with Crippen molar-refractivity contribution in [3.63, 3.8) is 0 Å². The topological polar surface area (TPSA) is 88.5 Å². The molecular weight excluding hydrogens is 363 g/mol. The second-order valence-corrected chi connectivity index (χ2v) is 8.14. The summed E-state index contributed by atoms with van der Waals surface area (Å²) in [5.41, 5.74) is 1.16. The summed E-state index contributed by atoms with van der Waals surface area (Å²) >= 11 is 0. The number of aliphatic carboxylic acids is 1. The van der Waals surface area contributed by atoms with E-state index in [1.165, 1.54) is 12.1 Å². The Morgan fingerprint density at radius 3 is 2.64 bits per heavy atom. The summed E-state index contributed by atoms with van der Waals surface area (Å²) in [6.07, 6.45) is 2.14. The van der Waals surface area contributed by atoms with E-state index in [-0.39, 0.29) is 18.6 Å². The van der Waals surface area contributed by atoms with E-state index in [0.717, 1.165) is 18.5 Å². The number of carbonyl (C=O) groups excluding carboxylic acids is 1. The van der Waals surface area contributed by atoms with Gasteiger partial charge in [0.25, 0.3) is 5.91 Å². The van der Waals surface area contributed by atoms with E-state index >= 15 is 0 Å². The van der Waals surface area contributed by atoms with Gasteiger partial charge in [-0.2, -0.15) is 0 Å². The van der Waals surface area contributed by atoms with Crippen molar-refractivity contribution in [3.05, 3.63) is 41.3 Å². The minimum Gasteiger partial charge on any atom is -0.480 e. The minimum absolute atomic E-state index is 0.130. The molecule has 1 atom stereocenters. The molecule has 0 saturated heterocycles. The standard InChI is InChI=1S/C21H25FN2O4/c1-21(2,3)28-9-8-17(20(26)27)24-19(25)15-11-18(12-4-5-12)23-16-7-6-13(22)10-14(15)16/h6-7,10-12,17H,4-5,8-9H2,1-3H3,(H,24,25)(H,26,27). The molecule has 28 heavy (non-hydrogen) atoms. The summed E-state index contributed by atoms with van der Waals surface area (Å²) in [5, 5.41) is 12.4. The lowest BCUT2D eigenvalue weighted by Gasteiger charge is -2.21. The molecule has 1 aliphatic rings. The van der Waals surface area contributed by atoms with E-state index in [1.807, 2.05) is 20.8 Å². The van der Waals surface area contributed by atoms with Gasteiger partial charge in [-0.1, -0.05) is 0 Å². The van der Waals surface area contributed by atoms with Crippen LogP contribution in [0.5, 0.6) is 0 Å². The van der Waals surface area contributed by atoms with Gasteiger partial charge in [-0.3, -0.25) is 9.78 Å². The van der Waals surface area contributed by atoms with Crippen molar-refractivity contribution < 1.29 is 23.8 Å². The van der Waals surface area contributed by atoms with Gasteiger partial charge in [0.2, 0.25) is 0 Å². The van der Waals surface area contributed by atoms with Gasteiger partial charge in [0, 0.05) is 30.0 Å². The zero-order chi connectivity index (χ0) is 20.5. The van der Waals surface area contributed by atoms with Crippen LogP contribution in [0, 0.1) is 5.82 Å². The van der Waals surface area contributed by atoms with Crippen molar-refractivity contribution in [2.75, 3.05) is 6.61 Å². The zero-order valence-corrected chi connectivity index (χ0v) is 16.3. The van der Waals surface area contributed by atoms with Gasteiger partial charge < -0.3 is 15.2 Å². The molecule has 0 spiro atoms. The number of carbonyl (C=O) groups is 2. The Morgan fingerprint density at radius 1 is 1.32 bits per heavy atom. The van der Waals surface area contributed by atoms with Crippen molar-refractivity contribution in [1.82, 2.24) is 10.3 Å². The Morgan fingerprint density at radius 2 is 2.04 bits per heavy atom. The fourth-order valence-corrected chi connectivity index (χ4v) is 2.97. The number of nitrogens with zero attached hydrogens (tertiary/aromatic N) is 1. The first-order chi connectivity index (χ1) is 13.1. The largest absolute Gasteiger partial charge is 0.480 e. The Labute approximate surface area is 163 Å². The third-order valence-corrected chi connectivity index (χ3v) is 4.58. The highest BCUT2D eigenvalue weighted by molar-refractivity contribution is 6.07. The maximum Gasteiger partial charge on any atom is 0.326 e. The number of pyridine rings is 1. The third-order valence-electron chi connectivity index (χ3n) is 4.58. The van der Waals surface area contributed by atoms with Gasteiger partial charge >= 0.3 is 5.97 Å². The third kappa shape index (κ3) is 5.04. The maximum absolute atomic E-state index is 13.8. The summed E-state index contributed by atoms with van der Waals surface area (Å²) in [4.78, 5) is 29.0. The number of amides is 1. The summed E-state index contributed by atoms with van der Waals surface area (Å²) < 4.78 is 19.3. The zero-order valence-electron chi connectivity index (χ0n) is 16.3. The summed E-state index contributed by atoms with van der Waals surface area (Å²) in [6, 6.07) is 4.65. The van der Waals surface area contributed by atoms with E-state index in [2.05, 4.69) is 10.3 Å². The van der Waals surface area contributed by atoms with Gasteiger partial charge in [-0.15, -0.1) is 0 Å². The number of hydrogen-bond donors (Lipinski definition) is 2. The second kappa shape index (κ2) is 7.83. The van der Waals surface area contributed by atoms with Crippen LogP contribution in [0.3, 0.4) is 0 Å². The first kappa shape index (κ1) is 20.2. The quantitative estimate of drug-likeness (QED) is 0.756. The number of halogens is 1. The molecule has 1 aromatic carbocycles. The van der Waals surface area contributed by atoms with Gasteiger partial charge in [-0.05, 0) is 57.9 Å². The van der Waals surface area contributed by atoms with Gasteiger partial charge in [0.15, 0.2) is 0 Å². The SMILES string of the molecule is CC(C)(C)OCCC(NC(=O)c1cc(C2CC2)nc2ccc(F)cc12)C(=O)O. The first-order valence-corrected chi connectivity index (χ1v) is 9.42. The molecule has 1 aliphatic carbocycles. The van der Waals surface area contributed by atoms with Crippen molar-refractivity contribution in [2.24, 2.45) is 0 Å². The number of carboxylic acid groups (broad SMARTS) is 1. The molecule has 6 nitrogen and oxygen atoms in total. The molecule has 1 amide bonds. The number of rotatable bonds is 7. The molecule has 1 saturated carbocycles. The van der Waals surface area contributed by atoms with Crippen molar-refractivity contribution in [2.45, 2.75) is 57.6 Å². The molecule has 2 aromatic rings. The van der Waals surface area contributed by atoms with Crippen LogP contribution in [-0.4, -0.2) is 40.2 Å². The number of benzene rings is 1. The number of hydrogen-bond acceptors (Lipinski definition) is 4. The molecule has 1 fully saturated rings. The number of aromatic nitrogens is 1. The highest BCUT2D eigenvalue weighted by Crippen LogP contribution is 2.40. The second-order valence-electron chi connectivity index (χ2n) is 8.14. The number of carboxylic acids is 1. The van der Waals surface area contributed by atoms with E-state index < -0.39 is 29.3 Å². The van der Waals surface area contributed by atoms with E-state index in [4.69, 9.17) is 4.74 Å². The summed E-state index contributed by atoms with van der Waals surface area (Å²) in [7, 11) is 0. The lowest BCUT2D eigenvalue weighted by Crippen LogP contribution is -2.42. The van der Waals surface area contributed by atoms with E-state index in [1.54, 1.807) is 12.1 Å². The molecule has 0 bridgehead atoms. The first-order valence-electron chi connectivity index (χ1n) is 9.42. The molecule has 1 unspecified atom stereocenters. The molecule has 7 heteroatoms. The van der Waals surface area contributed by atoms with Crippen LogP contribution in [-0.2, 0) is 9.53 Å². The minimum atomic E-state index is -1.14. The van der Waals surface area contributed by atoms with Crippen LogP contribution >= 0.6 is 0 Å². The molecule has 0 aliphatic heterocycles. The van der Waals surface area contributed by atoms with Crippen molar-refractivity contribution in [3.8, 4) is 0 Å². The van der Waals surface area contributed by atoms with Crippen molar-refractivity contribution >= 4 is 22.8 Å². The Hall–Kier alpha value is -2.54. The molecule has 0 radical (unpaired) electrons. The van der Waals surface area contributed by atoms with Crippen LogP contribution in [0.15, 0.2) is 24.3 Å². The fourth-order valence-electron chi connectivity index (χ4n) is 2.97. The average molecular weight is 388 g/mol. The molecular formula is C21H25FN2O4. The fraction of sp³-hybridized carbons (Fsp3) is 0.476. The Bertz CT molecular complexity index is 903. The Kier molecular flexibility index (Phi) is 5.65. The number of nitrogens with one attached hydrogen (secondary N) is 1. The molecule has 150 valence electrons. The van der Waals surface area contributed by atoms with Gasteiger partial charge in [0.1, 0.15) is 11.9 Å². The number of fused-ring (bicyclic) bond motifs is 1. The molecule has 3 rings (SSSR count).